The lowest BCUT2D eigenvalue weighted by molar-refractivity contribution is -0.119. The summed E-state index contributed by atoms with van der Waals surface area (Å²) in [6.07, 6.45) is 3.71. The third-order valence-electron chi connectivity index (χ3n) is 6.37. The van der Waals surface area contributed by atoms with Crippen molar-refractivity contribution in [3.8, 4) is 0 Å². The maximum absolute atomic E-state index is 12.9. The smallest absolute Gasteiger partial charge is 0.341 e. The molecule has 0 spiro atoms. The molecule has 2 aromatic carbocycles. The molecule has 7 nitrogen and oxygen atoms in total. The molecule has 1 aliphatic carbocycles. The monoisotopic (exact) mass is 489 g/mol. The number of rotatable bonds is 6. The Balaban J connectivity index is 1.32. The third-order valence-corrected chi connectivity index (χ3v) is 7.58. The highest BCUT2D eigenvalue weighted by Crippen LogP contribution is 2.38. The Morgan fingerprint density at radius 1 is 1.00 bits per heavy atom. The SMILES string of the molecule is CCn1c2ccccc2c2cc(NC(=O)COC(=O)c3c(NC(C)=O)sc4c3CCCC4)ccc21. The first-order valence-electron chi connectivity index (χ1n) is 11.9. The highest BCUT2D eigenvalue weighted by molar-refractivity contribution is 7.17. The highest BCUT2D eigenvalue weighted by atomic mass is 32.1. The van der Waals surface area contributed by atoms with E-state index in [2.05, 4.69) is 34.3 Å². The molecule has 0 bridgehead atoms. The molecule has 0 atom stereocenters. The average molecular weight is 490 g/mol. The van der Waals surface area contributed by atoms with Gasteiger partial charge in [-0.15, -0.1) is 11.3 Å². The summed E-state index contributed by atoms with van der Waals surface area (Å²) in [6.45, 7) is 3.96. The summed E-state index contributed by atoms with van der Waals surface area (Å²) >= 11 is 1.43. The lowest BCUT2D eigenvalue weighted by atomic mass is 9.95. The Kier molecular flexibility index (Phi) is 6.30. The van der Waals surface area contributed by atoms with Crippen LogP contribution in [0.2, 0.25) is 0 Å². The average Bonchev–Trinajstić information content (AvgIpc) is 3.36. The van der Waals surface area contributed by atoms with E-state index in [4.69, 9.17) is 4.74 Å². The molecule has 2 heterocycles. The van der Waals surface area contributed by atoms with Gasteiger partial charge in [-0.25, -0.2) is 4.79 Å². The number of nitrogens with one attached hydrogen (secondary N) is 2. The predicted octanol–water partition coefficient (Wildman–Crippen LogP) is 5.51. The van der Waals surface area contributed by atoms with Crippen molar-refractivity contribution in [3.05, 3.63) is 58.5 Å². The van der Waals surface area contributed by atoms with Gasteiger partial charge in [-0.2, -0.15) is 0 Å². The van der Waals surface area contributed by atoms with Crippen LogP contribution in [0.25, 0.3) is 21.8 Å². The number of ether oxygens (including phenoxy) is 1. The minimum absolute atomic E-state index is 0.241. The van der Waals surface area contributed by atoms with Gasteiger partial charge in [-0.3, -0.25) is 9.59 Å². The molecule has 0 saturated heterocycles. The van der Waals surface area contributed by atoms with Crippen LogP contribution in [0.1, 0.15) is 47.5 Å². The Bertz CT molecular complexity index is 1470. The summed E-state index contributed by atoms with van der Waals surface area (Å²) in [5.74, 6) is -1.23. The van der Waals surface area contributed by atoms with Crippen LogP contribution in [0.5, 0.6) is 0 Å². The van der Waals surface area contributed by atoms with Crippen LogP contribution in [0.15, 0.2) is 42.5 Å². The van der Waals surface area contributed by atoms with Crippen molar-refractivity contribution in [2.75, 3.05) is 17.2 Å². The summed E-state index contributed by atoms with van der Waals surface area (Å²) in [5.41, 5.74) is 4.22. The third kappa shape index (κ3) is 4.41. The Labute approximate surface area is 207 Å². The second-order valence-electron chi connectivity index (χ2n) is 8.71. The standard InChI is InChI=1S/C27H27N3O4S/c1-3-30-21-10-6-4-8-18(21)20-14-17(12-13-22(20)30)29-24(32)15-34-27(33)25-19-9-5-7-11-23(19)35-26(25)28-16(2)31/h4,6,8,10,12-14H,3,5,7,9,11,15H2,1-2H3,(H,28,31)(H,29,32). The van der Waals surface area contributed by atoms with Crippen LogP contribution in [-0.2, 0) is 33.7 Å². The molecule has 4 aromatic rings. The number of esters is 1. The second kappa shape index (κ2) is 9.54. The van der Waals surface area contributed by atoms with Crippen LogP contribution >= 0.6 is 11.3 Å². The van der Waals surface area contributed by atoms with E-state index in [0.29, 0.717) is 16.3 Å². The van der Waals surface area contributed by atoms with Crippen LogP contribution in [0.3, 0.4) is 0 Å². The fourth-order valence-corrected chi connectivity index (χ4v) is 6.23. The lowest BCUT2D eigenvalue weighted by Crippen LogP contribution is -2.22. The Hall–Kier alpha value is -3.65. The molecule has 35 heavy (non-hydrogen) atoms. The number of hydrogen-bond acceptors (Lipinski definition) is 5. The number of anilines is 2. The number of para-hydroxylation sites is 1. The van der Waals surface area contributed by atoms with Gasteiger partial charge in [0.2, 0.25) is 5.91 Å². The van der Waals surface area contributed by atoms with Crippen molar-refractivity contribution in [2.24, 2.45) is 0 Å². The fourth-order valence-electron chi connectivity index (χ4n) is 4.90. The Morgan fingerprint density at radius 3 is 2.57 bits per heavy atom. The molecule has 8 heteroatoms. The molecule has 180 valence electrons. The number of thiophene rings is 1. The molecular formula is C27H27N3O4S. The number of aromatic nitrogens is 1. The van der Waals surface area contributed by atoms with Gasteiger partial charge in [0.15, 0.2) is 6.61 Å². The second-order valence-corrected chi connectivity index (χ2v) is 9.82. The van der Waals surface area contributed by atoms with E-state index in [-0.39, 0.29) is 5.91 Å². The van der Waals surface area contributed by atoms with Crippen LogP contribution in [-0.4, -0.2) is 29.0 Å². The first kappa shape index (κ1) is 23.1. The zero-order chi connectivity index (χ0) is 24.5. The van der Waals surface area contributed by atoms with Crippen molar-refractivity contribution in [1.82, 2.24) is 4.57 Å². The van der Waals surface area contributed by atoms with Crippen molar-refractivity contribution in [1.29, 1.82) is 0 Å². The fraction of sp³-hybridized carbons (Fsp3) is 0.296. The first-order valence-corrected chi connectivity index (χ1v) is 12.7. The van der Waals surface area contributed by atoms with E-state index in [1.807, 2.05) is 30.3 Å². The zero-order valence-corrected chi connectivity index (χ0v) is 20.6. The van der Waals surface area contributed by atoms with Crippen LogP contribution in [0.4, 0.5) is 10.7 Å². The van der Waals surface area contributed by atoms with Crippen molar-refractivity contribution in [2.45, 2.75) is 46.1 Å². The summed E-state index contributed by atoms with van der Waals surface area (Å²) < 4.78 is 7.63. The number of benzene rings is 2. The summed E-state index contributed by atoms with van der Waals surface area (Å²) in [4.78, 5) is 38.3. The molecule has 0 aliphatic heterocycles. The summed E-state index contributed by atoms with van der Waals surface area (Å²) in [6, 6.07) is 14.0. The van der Waals surface area contributed by atoms with Gasteiger partial charge in [-0.1, -0.05) is 18.2 Å². The molecule has 1 aliphatic rings. The van der Waals surface area contributed by atoms with Crippen LogP contribution in [0, 0.1) is 0 Å². The largest absolute Gasteiger partial charge is 0.452 e. The Morgan fingerprint density at radius 2 is 1.77 bits per heavy atom. The van der Waals surface area contributed by atoms with E-state index in [9.17, 15) is 14.4 Å². The summed E-state index contributed by atoms with van der Waals surface area (Å²) in [7, 11) is 0. The number of fused-ring (bicyclic) bond motifs is 4. The molecule has 0 saturated carbocycles. The summed E-state index contributed by atoms with van der Waals surface area (Å²) in [5, 5.41) is 8.29. The molecule has 5 rings (SSSR count). The van der Waals surface area contributed by atoms with Gasteiger partial charge in [0.05, 0.1) is 5.56 Å². The van der Waals surface area contributed by atoms with Gasteiger partial charge in [0, 0.05) is 45.8 Å². The number of nitrogens with zero attached hydrogens (tertiary/aromatic N) is 1. The number of carbonyl (C=O) groups excluding carboxylic acids is 3. The normalized spacial score (nSPS) is 13.0. The van der Waals surface area contributed by atoms with Gasteiger partial charge >= 0.3 is 5.97 Å². The first-order chi connectivity index (χ1) is 17.0. The number of aryl methyl sites for hydroxylation is 2. The topological polar surface area (TPSA) is 89.4 Å². The van der Waals surface area contributed by atoms with E-state index in [1.165, 1.54) is 18.3 Å². The van der Waals surface area contributed by atoms with Gasteiger partial charge in [0.1, 0.15) is 5.00 Å². The lowest BCUT2D eigenvalue weighted by Gasteiger charge is -2.13. The van der Waals surface area contributed by atoms with E-state index in [1.54, 1.807) is 0 Å². The number of amides is 2. The molecule has 2 aromatic heterocycles. The molecule has 0 fully saturated rings. The minimum atomic E-state index is -0.579. The number of carbonyl (C=O) groups is 3. The van der Waals surface area contributed by atoms with E-state index < -0.39 is 18.5 Å². The van der Waals surface area contributed by atoms with Crippen molar-refractivity contribution >= 4 is 61.6 Å². The van der Waals surface area contributed by atoms with Gasteiger partial charge in [-0.05, 0) is 62.4 Å². The molecule has 2 amide bonds. The van der Waals surface area contributed by atoms with Crippen molar-refractivity contribution < 1.29 is 19.1 Å². The van der Waals surface area contributed by atoms with Gasteiger partial charge < -0.3 is 19.9 Å². The molecule has 0 radical (unpaired) electrons. The highest BCUT2D eigenvalue weighted by Gasteiger charge is 2.27. The van der Waals surface area contributed by atoms with Crippen LogP contribution < -0.4 is 10.6 Å². The maximum atomic E-state index is 12.9. The molecule has 0 unspecified atom stereocenters. The maximum Gasteiger partial charge on any atom is 0.341 e. The predicted molar refractivity (Wildman–Crippen MR) is 139 cm³/mol. The zero-order valence-electron chi connectivity index (χ0n) is 19.8. The van der Waals surface area contributed by atoms with E-state index in [0.717, 1.165) is 64.5 Å². The van der Waals surface area contributed by atoms with E-state index >= 15 is 0 Å². The minimum Gasteiger partial charge on any atom is -0.452 e. The molecular weight excluding hydrogens is 462 g/mol. The molecule has 2 N–H and O–H groups in total. The quantitative estimate of drug-likeness (QED) is 0.350. The number of hydrogen-bond donors (Lipinski definition) is 2. The van der Waals surface area contributed by atoms with Crippen molar-refractivity contribution in [3.63, 3.8) is 0 Å². The van der Waals surface area contributed by atoms with Gasteiger partial charge in [0.25, 0.3) is 5.91 Å².